The molecule has 6 aliphatic rings. The summed E-state index contributed by atoms with van der Waals surface area (Å²) in [6.45, 7) is 4.52. The van der Waals surface area contributed by atoms with Crippen LogP contribution in [0.5, 0.6) is 0 Å². The van der Waals surface area contributed by atoms with Gasteiger partial charge in [-0.25, -0.2) is 13.6 Å². The van der Waals surface area contributed by atoms with Crippen molar-refractivity contribution in [2.75, 3.05) is 57.8 Å². The van der Waals surface area contributed by atoms with E-state index in [0.29, 0.717) is 105 Å². The molecule has 19 heteroatoms. The Hall–Kier alpha value is -6.50. The maximum atomic E-state index is 14.8. The third-order valence-electron chi connectivity index (χ3n) is 15.0. The first-order chi connectivity index (χ1) is 32.9. The van der Waals surface area contributed by atoms with Crippen molar-refractivity contribution in [1.82, 2.24) is 49.8 Å². The fraction of sp³-hybridized carbons (Fsp3) is 0.510. The van der Waals surface area contributed by atoms with E-state index in [1.165, 1.54) is 0 Å². The van der Waals surface area contributed by atoms with Crippen molar-refractivity contribution in [3.8, 4) is 11.1 Å². The number of aromatic nitrogens is 4. The Kier molecular flexibility index (Phi) is 12.3. The number of hydrogen-bond acceptors (Lipinski definition) is 10. The lowest BCUT2D eigenvalue weighted by Gasteiger charge is -2.36. The van der Waals surface area contributed by atoms with Gasteiger partial charge in [-0.1, -0.05) is 12.1 Å². The lowest BCUT2D eigenvalue weighted by molar-refractivity contribution is -0.136. The number of piperidine rings is 3. The number of aryl methyl sites for hydroxylation is 3. The topological polar surface area (TPSA) is 178 Å². The lowest BCUT2D eigenvalue weighted by Crippen LogP contribution is -2.54. The number of anilines is 2. The number of fused-ring (bicyclic) bond motifs is 3. The number of likely N-dealkylation sites (tertiary alicyclic amines) is 2. The summed E-state index contributed by atoms with van der Waals surface area (Å²) >= 11 is 0. The molecule has 7 amide bonds. The highest BCUT2D eigenvalue weighted by Crippen LogP contribution is 2.44. The molecule has 0 aliphatic carbocycles. The molecule has 4 aromatic rings. The quantitative estimate of drug-likeness (QED) is 0.208. The molecule has 6 aliphatic heterocycles. The summed E-state index contributed by atoms with van der Waals surface area (Å²) in [5.41, 5.74) is 6.14. The van der Waals surface area contributed by atoms with E-state index in [1.807, 2.05) is 17.0 Å². The van der Waals surface area contributed by atoms with Crippen molar-refractivity contribution in [3.63, 3.8) is 0 Å². The molecule has 0 spiro atoms. The zero-order chi connectivity index (χ0) is 47.4. The number of nitrogens with one attached hydrogen (secondary N) is 2. The largest absolute Gasteiger partial charge is 0.341 e. The summed E-state index contributed by atoms with van der Waals surface area (Å²) in [5, 5.41) is 14.5. The molecule has 10 rings (SSSR count). The third kappa shape index (κ3) is 8.42. The van der Waals surface area contributed by atoms with Crippen LogP contribution in [0.4, 0.5) is 25.1 Å². The van der Waals surface area contributed by atoms with Crippen LogP contribution < -0.4 is 15.5 Å². The first-order valence-corrected chi connectivity index (χ1v) is 24.0. The molecule has 2 N–H and O–H groups in total. The molecule has 3 saturated heterocycles. The van der Waals surface area contributed by atoms with Crippen LogP contribution in [-0.2, 0) is 47.2 Å². The van der Waals surface area contributed by atoms with Gasteiger partial charge in [0.25, 0.3) is 18.2 Å². The van der Waals surface area contributed by atoms with E-state index in [0.717, 1.165) is 72.5 Å². The number of benzene rings is 2. The smallest absolute Gasteiger partial charge is 0.317 e. The summed E-state index contributed by atoms with van der Waals surface area (Å²) in [6.07, 6.45) is 7.65. The van der Waals surface area contributed by atoms with Crippen LogP contribution in [0, 0.1) is 5.92 Å². The van der Waals surface area contributed by atoms with Gasteiger partial charge in [-0.3, -0.25) is 48.5 Å². The molecular formula is C49H57F2N11O6. The number of rotatable bonds is 10. The fourth-order valence-corrected chi connectivity index (χ4v) is 11.4. The number of carbonyl (C=O) groups is 6. The zero-order valence-corrected chi connectivity index (χ0v) is 38.5. The van der Waals surface area contributed by atoms with Gasteiger partial charge in [0, 0.05) is 87.4 Å². The average molecular weight is 934 g/mol. The molecule has 68 heavy (non-hydrogen) atoms. The summed E-state index contributed by atoms with van der Waals surface area (Å²) in [7, 11) is 3.38. The Morgan fingerprint density at radius 3 is 2.41 bits per heavy atom. The molecule has 3 fully saturated rings. The van der Waals surface area contributed by atoms with Crippen LogP contribution in [0.3, 0.4) is 0 Å². The van der Waals surface area contributed by atoms with Crippen LogP contribution in [0.15, 0.2) is 42.7 Å². The van der Waals surface area contributed by atoms with Gasteiger partial charge in [-0.05, 0) is 112 Å². The Morgan fingerprint density at radius 1 is 0.897 bits per heavy atom. The van der Waals surface area contributed by atoms with Crippen molar-refractivity contribution in [2.45, 2.75) is 95.7 Å². The van der Waals surface area contributed by atoms with E-state index in [-0.39, 0.29) is 36.4 Å². The molecule has 2 aromatic heterocycles. The van der Waals surface area contributed by atoms with E-state index in [2.05, 4.69) is 30.2 Å². The van der Waals surface area contributed by atoms with Crippen molar-refractivity contribution < 1.29 is 37.5 Å². The second-order valence-corrected chi connectivity index (χ2v) is 19.1. The normalized spacial score (nSPS) is 20.5. The molecule has 0 saturated carbocycles. The van der Waals surface area contributed by atoms with Crippen LogP contribution in [0.1, 0.15) is 112 Å². The summed E-state index contributed by atoms with van der Waals surface area (Å²) in [6, 6.07) is 7.60. The number of carbonyl (C=O) groups excluding carboxylic acids is 6. The highest BCUT2D eigenvalue weighted by Gasteiger charge is 2.45. The maximum absolute atomic E-state index is 14.8. The number of nitrogens with zero attached hydrogens (tertiary/aromatic N) is 9. The number of alkyl halides is 2. The lowest BCUT2D eigenvalue weighted by atomic mass is 9.89. The van der Waals surface area contributed by atoms with Gasteiger partial charge in [-0.15, -0.1) is 0 Å². The minimum Gasteiger partial charge on any atom is -0.341 e. The Bertz CT molecular complexity index is 2680. The molecule has 358 valence electrons. The Morgan fingerprint density at radius 2 is 1.69 bits per heavy atom. The average Bonchev–Trinajstić information content (AvgIpc) is 4.03. The standard InChI is InChI=1S/C49H57F2N11O6/c1-52-49(68)59-22-16-38-37(27-59)45(60-17-4-6-31-23-35(32-25-53-56(2)26-32)36(44(50)51)24-40(31)60)55-62(38)33-14-20-58(21-15-33)42(64)28-57-18-12-29(13-19-57)8-9-30-5-3-7-34-43(30)48(67)61(47(34)66)39-10-11-41(63)54-46(39)65/h3,5,7,23-26,29,33,39,44H,4,6,8-22,27-28H2,1-2H3,(H,52,68)(H,54,63,65). The monoisotopic (exact) mass is 933 g/mol. The highest BCUT2D eigenvalue weighted by atomic mass is 19.3. The number of halogens is 2. The van der Waals surface area contributed by atoms with Gasteiger partial charge >= 0.3 is 6.03 Å². The van der Waals surface area contributed by atoms with Gasteiger partial charge in [0.2, 0.25) is 17.7 Å². The van der Waals surface area contributed by atoms with Crippen LogP contribution >= 0.6 is 0 Å². The molecular weight excluding hydrogens is 877 g/mol. The van der Waals surface area contributed by atoms with Crippen molar-refractivity contribution in [2.24, 2.45) is 13.0 Å². The predicted octanol–water partition coefficient (Wildman–Crippen LogP) is 4.91. The van der Waals surface area contributed by atoms with Crippen molar-refractivity contribution in [3.05, 3.63) is 81.8 Å². The summed E-state index contributed by atoms with van der Waals surface area (Å²) in [5.74, 6) is -0.844. The second-order valence-electron chi connectivity index (χ2n) is 19.1. The molecule has 1 atom stereocenters. The van der Waals surface area contributed by atoms with Crippen molar-refractivity contribution in [1.29, 1.82) is 0 Å². The number of hydrogen-bond donors (Lipinski definition) is 2. The molecule has 0 bridgehead atoms. The molecule has 8 heterocycles. The highest BCUT2D eigenvalue weighted by molar-refractivity contribution is 6.24. The maximum Gasteiger partial charge on any atom is 0.317 e. The van der Waals surface area contributed by atoms with E-state index in [1.54, 1.807) is 54.3 Å². The van der Waals surface area contributed by atoms with E-state index < -0.39 is 36.1 Å². The SMILES string of the molecule is CNC(=O)N1CCc2c(c(N3CCCc4cc(-c5cnn(C)c5)c(C(F)F)cc43)nn2C2CCN(C(=O)CN3CCC(CCc4cccc5c4C(=O)N(C4CCC(=O)NC4=O)C5=O)CC3)CC2)C1. The zero-order valence-electron chi connectivity index (χ0n) is 38.5. The molecule has 0 radical (unpaired) electrons. The fourth-order valence-electron chi connectivity index (χ4n) is 11.4. The summed E-state index contributed by atoms with van der Waals surface area (Å²) in [4.78, 5) is 86.9. The van der Waals surface area contributed by atoms with E-state index in [4.69, 9.17) is 5.10 Å². The molecule has 17 nitrogen and oxygen atoms in total. The molecule has 2 aromatic carbocycles. The Labute approximate surface area is 392 Å². The van der Waals surface area contributed by atoms with E-state index >= 15 is 0 Å². The van der Waals surface area contributed by atoms with Gasteiger partial charge in [0.1, 0.15) is 6.04 Å². The van der Waals surface area contributed by atoms with Gasteiger partial charge in [-0.2, -0.15) is 10.2 Å². The number of amides is 7. The summed E-state index contributed by atoms with van der Waals surface area (Å²) < 4.78 is 33.3. The van der Waals surface area contributed by atoms with Gasteiger partial charge in [0.05, 0.1) is 36.5 Å². The third-order valence-corrected chi connectivity index (χ3v) is 15.0. The number of imide groups is 2. The minimum absolute atomic E-state index is 0.0254. The molecule has 1 unspecified atom stereocenters. The van der Waals surface area contributed by atoms with Crippen LogP contribution in [0.25, 0.3) is 11.1 Å². The van der Waals surface area contributed by atoms with Gasteiger partial charge < -0.3 is 20.0 Å². The van der Waals surface area contributed by atoms with E-state index in [9.17, 15) is 37.5 Å². The number of urea groups is 1. The minimum atomic E-state index is -2.70. The van der Waals surface area contributed by atoms with Gasteiger partial charge in [0.15, 0.2) is 5.82 Å². The second kappa shape index (κ2) is 18.5. The van der Waals surface area contributed by atoms with Crippen molar-refractivity contribution >= 4 is 47.1 Å². The predicted molar refractivity (Wildman–Crippen MR) is 245 cm³/mol. The Balaban J connectivity index is 0.770. The van der Waals surface area contributed by atoms with Crippen LogP contribution in [0.2, 0.25) is 0 Å². The van der Waals surface area contributed by atoms with Crippen LogP contribution in [-0.4, -0.2) is 134 Å². The first kappa shape index (κ1) is 45.3. The first-order valence-electron chi connectivity index (χ1n) is 24.0.